The Labute approximate surface area is 118 Å². The summed E-state index contributed by atoms with van der Waals surface area (Å²) in [6.45, 7) is 8.53. The molecule has 0 saturated heterocycles. The lowest BCUT2D eigenvalue weighted by Gasteiger charge is -2.22. The van der Waals surface area contributed by atoms with Crippen LogP contribution >= 0.6 is 11.6 Å². The molecule has 1 heterocycles. The van der Waals surface area contributed by atoms with Crippen molar-refractivity contribution in [1.29, 1.82) is 0 Å². The summed E-state index contributed by atoms with van der Waals surface area (Å²) in [6.07, 6.45) is 4.72. The molecule has 3 nitrogen and oxygen atoms in total. The average Bonchev–Trinajstić information content (AvgIpc) is 2.87. The molecule has 0 radical (unpaired) electrons. The van der Waals surface area contributed by atoms with Crippen molar-refractivity contribution in [3.05, 3.63) is 51.6 Å². The van der Waals surface area contributed by atoms with Crippen molar-refractivity contribution in [3.63, 3.8) is 0 Å². The van der Waals surface area contributed by atoms with Gasteiger partial charge >= 0.3 is 0 Å². The summed E-state index contributed by atoms with van der Waals surface area (Å²) in [4.78, 5) is 3.99. The Kier molecular flexibility index (Phi) is 3.97. The molecule has 1 unspecified atom stereocenters. The minimum atomic E-state index is -0.552. The molecule has 102 valence electrons. The van der Waals surface area contributed by atoms with Gasteiger partial charge in [0, 0.05) is 17.4 Å². The first-order valence-electron chi connectivity index (χ1n) is 6.33. The largest absolute Gasteiger partial charge is 0.387 e. The first-order valence-corrected chi connectivity index (χ1v) is 6.70. The maximum Gasteiger partial charge on any atom is 0.0974 e. The van der Waals surface area contributed by atoms with E-state index in [2.05, 4.69) is 4.98 Å². The Morgan fingerprint density at radius 2 is 1.74 bits per heavy atom. The number of hydrogen-bond donors (Lipinski definition) is 1. The molecule has 2 aromatic rings. The Morgan fingerprint density at radius 1 is 1.16 bits per heavy atom. The van der Waals surface area contributed by atoms with Crippen LogP contribution in [0.1, 0.15) is 33.9 Å². The standard InChI is InChI=1S/C15H19ClN2O/c1-9-11(3)15(16)12(4)10(2)14(9)13(19)7-18-6-5-17-8-18/h5-6,8,13,19H,7H2,1-4H3. The van der Waals surface area contributed by atoms with E-state index in [1.807, 2.05) is 38.5 Å². The SMILES string of the molecule is Cc1c(C)c(C(O)Cn2ccnc2)c(C)c(C)c1Cl. The molecule has 0 amide bonds. The normalized spacial score (nSPS) is 12.7. The number of aromatic nitrogens is 2. The smallest absolute Gasteiger partial charge is 0.0974 e. The summed E-state index contributed by atoms with van der Waals surface area (Å²) < 4.78 is 1.88. The first-order chi connectivity index (χ1) is 8.93. The van der Waals surface area contributed by atoms with Gasteiger partial charge in [-0.15, -0.1) is 0 Å². The maximum absolute atomic E-state index is 10.5. The molecule has 0 aliphatic heterocycles. The van der Waals surface area contributed by atoms with Crippen molar-refractivity contribution in [3.8, 4) is 0 Å². The van der Waals surface area contributed by atoms with E-state index in [-0.39, 0.29) is 0 Å². The monoisotopic (exact) mass is 278 g/mol. The maximum atomic E-state index is 10.5. The van der Waals surface area contributed by atoms with Crippen molar-refractivity contribution in [2.75, 3.05) is 0 Å². The highest BCUT2D eigenvalue weighted by Crippen LogP contribution is 2.34. The van der Waals surface area contributed by atoms with Crippen LogP contribution in [0.15, 0.2) is 18.7 Å². The van der Waals surface area contributed by atoms with Crippen LogP contribution in [0.4, 0.5) is 0 Å². The van der Waals surface area contributed by atoms with Gasteiger partial charge in [0.1, 0.15) is 0 Å². The lowest BCUT2D eigenvalue weighted by atomic mass is 9.90. The number of aliphatic hydroxyl groups excluding tert-OH is 1. The summed E-state index contributed by atoms with van der Waals surface area (Å²) in [7, 11) is 0. The van der Waals surface area contributed by atoms with Crippen LogP contribution in [-0.4, -0.2) is 14.7 Å². The minimum Gasteiger partial charge on any atom is -0.387 e. The molecule has 0 saturated carbocycles. The van der Waals surface area contributed by atoms with Gasteiger partial charge < -0.3 is 9.67 Å². The minimum absolute atomic E-state index is 0.502. The molecule has 0 aliphatic rings. The number of imidazole rings is 1. The summed E-state index contributed by atoms with van der Waals surface area (Å²) in [5.41, 5.74) is 5.21. The van der Waals surface area contributed by atoms with Crippen molar-refractivity contribution in [2.24, 2.45) is 0 Å². The summed E-state index contributed by atoms with van der Waals surface area (Å²) >= 11 is 6.31. The number of nitrogens with zero attached hydrogens (tertiary/aromatic N) is 2. The Balaban J connectivity index is 2.44. The van der Waals surface area contributed by atoms with Gasteiger partial charge in [-0.05, 0) is 55.5 Å². The van der Waals surface area contributed by atoms with Gasteiger partial charge in [-0.2, -0.15) is 0 Å². The zero-order chi connectivity index (χ0) is 14.2. The fourth-order valence-electron chi connectivity index (χ4n) is 2.48. The van der Waals surface area contributed by atoms with Gasteiger partial charge in [-0.3, -0.25) is 0 Å². The quantitative estimate of drug-likeness (QED) is 0.933. The van der Waals surface area contributed by atoms with E-state index in [1.165, 1.54) is 0 Å². The zero-order valence-electron chi connectivity index (χ0n) is 11.7. The van der Waals surface area contributed by atoms with Crippen molar-refractivity contribution < 1.29 is 5.11 Å². The summed E-state index contributed by atoms with van der Waals surface area (Å²) in [5, 5.41) is 11.3. The molecule has 1 aromatic heterocycles. The predicted octanol–water partition coefficient (Wildman–Crippen LogP) is 3.50. The molecule has 1 atom stereocenters. The Hall–Kier alpha value is -1.32. The van der Waals surface area contributed by atoms with Gasteiger partial charge in [-0.25, -0.2) is 4.98 Å². The molecule has 0 aliphatic carbocycles. The van der Waals surface area contributed by atoms with Crippen LogP contribution in [0, 0.1) is 27.7 Å². The van der Waals surface area contributed by atoms with Crippen LogP contribution in [-0.2, 0) is 6.54 Å². The first kappa shape index (κ1) is 14.1. The molecule has 0 bridgehead atoms. The molecule has 2 rings (SSSR count). The van der Waals surface area contributed by atoms with Gasteiger partial charge in [0.05, 0.1) is 19.0 Å². The second-order valence-electron chi connectivity index (χ2n) is 5.00. The van der Waals surface area contributed by atoms with Gasteiger partial charge in [0.15, 0.2) is 0 Å². The Morgan fingerprint density at radius 3 is 2.21 bits per heavy atom. The lowest BCUT2D eigenvalue weighted by molar-refractivity contribution is 0.155. The Bertz CT molecular complexity index is 562. The molecular weight excluding hydrogens is 260 g/mol. The average molecular weight is 279 g/mol. The second-order valence-corrected chi connectivity index (χ2v) is 5.38. The van der Waals surface area contributed by atoms with Crippen molar-refractivity contribution in [1.82, 2.24) is 9.55 Å². The van der Waals surface area contributed by atoms with Crippen LogP contribution < -0.4 is 0 Å². The fraction of sp³-hybridized carbons (Fsp3) is 0.400. The molecule has 4 heteroatoms. The van der Waals surface area contributed by atoms with E-state index in [0.717, 1.165) is 32.8 Å². The van der Waals surface area contributed by atoms with Gasteiger partial charge in [0.2, 0.25) is 0 Å². The molecule has 0 fully saturated rings. The molecular formula is C15H19ClN2O. The van der Waals surface area contributed by atoms with Crippen molar-refractivity contribution >= 4 is 11.6 Å². The molecule has 1 N–H and O–H groups in total. The third-order valence-electron chi connectivity index (χ3n) is 3.87. The molecule has 1 aromatic carbocycles. The summed E-state index contributed by atoms with van der Waals surface area (Å²) in [6, 6.07) is 0. The lowest BCUT2D eigenvalue weighted by Crippen LogP contribution is -2.12. The second kappa shape index (κ2) is 5.35. The highest BCUT2D eigenvalue weighted by Gasteiger charge is 2.19. The number of rotatable bonds is 3. The van der Waals surface area contributed by atoms with E-state index < -0.39 is 6.10 Å². The highest BCUT2D eigenvalue weighted by atomic mass is 35.5. The fourth-order valence-corrected chi connectivity index (χ4v) is 2.76. The highest BCUT2D eigenvalue weighted by molar-refractivity contribution is 6.32. The zero-order valence-corrected chi connectivity index (χ0v) is 12.5. The third-order valence-corrected chi connectivity index (χ3v) is 4.43. The summed E-state index contributed by atoms with van der Waals surface area (Å²) in [5.74, 6) is 0. The van der Waals surface area contributed by atoms with Gasteiger partial charge in [0.25, 0.3) is 0 Å². The van der Waals surface area contributed by atoms with E-state index in [9.17, 15) is 5.11 Å². The van der Waals surface area contributed by atoms with Gasteiger partial charge in [-0.1, -0.05) is 11.6 Å². The van der Waals surface area contributed by atoms with Crippen LogP contribution in [0.3, 0.4) is 0 Å². The van der Waals surface area contributed by atoms with E-state index in [4.69, 9.17) is 11.6 Å². The van der Waals surface area contributed by atoms with Crippen molar-refractivity contribution in [2.45, 2.75) is 40.3 Å². The molecule has 19 heavy (non-hydrogen) atoms. The number of aliphatic hydroxyl groups is 1. The van der Waals surface area contributed by atoms with E-state index in [1.54, 1.807) is 12.5 Å². The number of hydrogen-bond acceptors (Lipinski definition) is 2. The van der Waals surface area contributed by atoms with Crippen LogP contribution in [0.25, 0.3) is 0 Å². The topological polar surface area (TPSA) is 38.0 Å². The van der Waals surface area contributed by atoms with Crippen LogP contribution in [0.5, 0.6) is 0 Å². The predicted molar refractivity (Wildman–Crippen MR) is 77.6 cm³/mol. The van der Waals surface area contributed by atoms with E-state index in [0.29, 0.717) is 6.54 Å². The molecule has 0 spiro atoms. The third kappa shape index (κ3) is 2.53. The van der Waals surface area contributed by atoms with E-state index >= 15 is 0 Å². The van der Waals surface area contributed by atoms with Crippen LogP contribution in [0.2, 0.25) is 5.02 Å². The number of halogens is 1. The number of benzene rings is 1.